The fourth-order valence-electron chi connectivity index (χ4n) is 2.79. The van der Waals surface area contributed by atoms with Crippen molar-refractivity contribution in [3.05, 3.63) is 56.5 Å². The van der Waals surface area contributed by atoms with Gasteiger partial charge in [-0.1, -0.05) is 39.1 Å². The van der Waals surface area contributed by atoms with E-state index in [2.05, 4.69) is 21.2 Å². The first-order valence-corrected chi connectivity index (χ1v) is 9.87. The number of hydrogen-bond donors (Lipinski definition) is 1. The normalized spacial score (nSPS) is 15.7. The lowest BCUT2D eigenvalue weighted by atomic mass is 10.0. The molecule has 0 fully saturated rings. The van der Waals surface area contributed by atoms with Crippen molar-refractivity contribution in [2.24, 2.45) is 0 Å². The van der Waals surface area contributed by atoms with Gasteiger partial charge in [-0.3, -0.25) is 4.79 Å². The molecule has 1 amide bonds. The molecule has 0 saturated heterocycles. The van der Waals surface area contributed by atoms with E-state index in [4.69, 9.17) is 32.7 Å². The molecule has 0 bridgehead atoms. The smallest absolute Gasteiger partial charge is 0.220 e. The number of rotatable bonds is 6. The first-order valence-electron chi connectivity index (χ1n) is 8.32. The summed E-state index contributed by atoms with van der Waals surface area (Å²) in [6.07, 6.45) is 1.70. The molecule has 0 spiro atoms. The van der Waals surface area contributed by atoms with Gasteiger partial charge in [0.25, 0.3) is 0 Å². The molecule has 0 aromatic heterocycles. The van der Waals surface area contributed by atoms with E-state index in [0.717, 1.165) is 22.2 Å². The zero-order valence-electron chi connectivity index (χ0n) is 13.9. The van der Waals surface area contributed by atoms with Gasteiger partial charge in [-0.25, -0.2) is 0 Å². The number of amides is 1. The number of nitrogens with one attached hydrogen (secondary N) is 1. The van der Waals surface area contributed by atoms with Crippen LogP contribution in [0.5, 0.6) is 11.5 Å². The van der Waals surface area contributed by atoms with Crippen molar-refractivity contribution in [1.82, 2.24) is 5.32 Å². The minimum absolute atomic E-state index is 0.0201. The van der Waals surface area contributed by atoms with Crippen LogP contribution < -0.4 is 14.8 Å². The second-order valence-electron chi connectivity index (χ2n) is 5.97. The molecule has 1 N–H and O–H groups in total. The minimum Gasteiger partial charge on any atom is -0.493 e. The highest BCUT2D eigenvalue weighted by Gasteiger charge is 2.23. The fraction of sp³-hybridized carbons (Fsp3) is 0.316. The first-order chi connectivity index (χ1) is 12.5. The molecule has 2 aromatic rings. The number of ether oxygens (including phenoxy) is 2. The number of fused-ring (bicyclic) bond motifs is 1. The quantitative estimate of drug-likeness (QED) is 0.576. The van der Waals surface area contributed by atoms with Gasteiger partial charge < -0.3 is 14.8 Å². The van der Waals surface area contributed by atoms with Crippen molar-refractivity contribution in [3.8, 4) is 11.5 Å². The molecule has 7 heteroatoms. The van der Waals surface area contributed by atoms with E-state index in [-0.39, 0.29) is 11.9 Å². The number of carbonyl (C=O) groups is 1. The van der Waals surface area contributed by atoms with Crippen LogP contribution in [0.1, 0.15) is 30.9 Å². The van der Waals surface area contributed by atoms with Crippen molar-refractivity contribution in [1.29, 1.82) is 0 Å². The zero-order valence-corrected chi connectivity index (χ0v) is 17.0. The van der Waals surface area contributed by atoms with Gasteiger partial charge in [0, 0.05) is 27.9 Å². The number of carbonyl (C=O) groups excluding carboxylic acids is 1. The van der Waals surface area contributed by atoms with Gasteiger partial charge in [-0.05, 0) is 42.8 Å². The lowest BCUT2D eigenvalue weighted by Crippen LogP contribution is -2.32. The van der Waals surface area contributed by atoms with Crippen LogP contribution in [0.2, 0.25) is 10.0 Å². The Morgan fingerprint density at radius 2 is 2.12 bits per heavy atom. The Bertz CT molecular complexity index is 800. The van der Waals surface area contributed by atoms with Gasteiger partial charge in [0.15, 0.2) is 0 Å². The summed E-state index contributed by atoms with van der Waals surface area (Å²) in [4.78, 5) is 12.3. The van der Waals surface area contributed by atoms with E-state index >= 15 is 0 Å². The van der Waals surface area contributed by atoms with E-state index in [9.17, 15) is 4.79 Å². The van der Waals surface area contributed by atoms with Crippen molar-refractivity contribution in [2.75, 3.05) is 13.2 Å². The maximum absolute atomic E-state index is 12.3. The van der Waals surface area contributed by atoms with Crippen LogP contribution in [0.3, 0.4) is 0 Å². The molecule has 26 heavy (non-hydrogen) atoms. The van der Waals surface area contributed by atoms with E-state index in [1.165, 1.54) is 0 Å². The molecule has 0 saturated carbocycles. The highest BCUT2D eigenvalue weighted by atomic mass is 79.9. The Hall–Kier alpha value is -1.43. The summed E-state index contributed by atoms with van der Waals surface area (Å²) >= 11 is 15.5. The standard InChI is InChI=1S/C19H18BrCl2NO3/c20-12-3-5-18(15(22)10-12)25-8-1-2-19(24)23-16-7-9-26-17-6-4-13(21)11-14(16)17/h3-6,10-11,16H,1-2,7-9H2,(H,23,24). The van der Waals surface area contributed by atoms with Gasteiger partial charge in [-0.15, -0.1) is 0 Å². The Morgan fingerprint density at radius 3 is 2.92 bits per heavy atom. The number of hydrogen-bond acceptors (Lipinski definition) is 3. The molecule has 3 rings (SSSR count). The Labute approximate surface area is 170 Å². The van der Waals surface area contributed by atoms with Crippen LogP contribution in [0.4, 0.5) is 0 Å². The highest BCUT2D eigenvalue weighted by Crippen LogP contribution is 2.34. The van der Waals surface area contributed by atoms with E-state index < -0.39 is 0 Å². The Balaban J connectivity index is 1.47. The van der Waals surface area contributed by atoms with Crippen LogP contribution in [0, 0.1) is 0 Å². The second-order valence-corrected chi connectivity index (χ2v) is 7.73. The molecule has 138 valence electrons. The summed E-state index contributed by atoms with van der Waals surface area (Å²) in [7, 11) is 0. The first kappa shape index (κ1) is 19.3. The maximum atomic E-state index is 12.3. The number of benzene rings is 2. The average Bonchev–Trinajstić information content (AvgIpc) is 2.61. The molecular weight excluding hydrogens is 441 g/mol. The van der Waals surface area contributed by atoms with Gasteiger partial charge in [0.1, 0.15) is 11.5 Å². The monoisotopic (exact) mass is 457 g/mol. The summed E-state index contributed by atoms with van der Waals surface area (Å²) in [5.74, 6) is 1.37. The summed E-state index contributed by atoms with van der Waals surface area (Å²) in [6, 6.07) is 10.8. The second kappa shape index (κ2) is 8.98. The SMILES string of the molecule is O=C(CCCOc1ccc(Br)cc1Cl)NC1CCOc2ccc(Cl)cc21. The average molecular weight is 459 g/mol. The lowest BCUT2D eigenvalue weighted by molar-refractivity contribution is -0.122. The Kier molecular flexibility index (Phi) is 6.68. The molecule has 1 aliphatic rings. The topological polar surface area (TPSA) is 47.6 Å². The number of halogens is 3. The van der Waals surface area contributed by atoms with Crippen molar-refractivity contribution >= 4 is 45.0 Å². The van der Waals surface area contributed by atoms with Gasteiger partial charge in [0.2, 0.25) is 5.91 Å². The Morgan fingerprint density at radius 1 is 1.27 bits per heavy atom. The molecular formula is C19H18BrCl2NO3. The molecule has 2 aromatic carbocycles. The van der Waals surface area contributed by atoms with Crippen LogP contribution in [-0.2, 0) is 4.79 Å². The molecule has 1 unspecified atom stereocenters. The van der Waals surface area contributed by atoms with Crippen LogP contribution in [0.15, 0.2) is 40.9 Å². The van der Waals surface area contributed by atoms with Crippen molar-refractivity contribution in [2.45, 2.75) is 25.3 Å². The maximum Gasteiger partial charge on any atom is 0.220 e. The van der Waals surface area contributed by atoms with Gasteiger partial charge in [0.05, 0.1) is 24.3 Å². The fourth-order valence-corrected chi connectivity index (χ4v) is 3.70. The third-order valence-corrected chi connectivity index (χ3v) is 5.07. The molecule has 0 radical (unpaired) electrons. The molecule has 4 nitrogen and oxygen atoms in total. The van der Waals surface area contributed by atoms with Crippen LogP contribution in [0.25, 0.3) is 0 Å². The zero-order chi connectivity index (χ0) is 18.5. The summed E-state index contributed by atoms with van der Waals surface area (Å²) in [5, 5.41) is 4.23. The summed E-state index contributed by atoms with van der Waals surface area (Å²) in [5.41, 5.74) is 0.926. The largest absolute Gasteiger partial charge is 0.493 e. The summed E-state index contributed by atoms with van der Waals surface area (Å²) in [6.45, 7) is 0.996. The minimum atomic E-state index is -0.0770. The molecule has 1 aliphatic heterocycles. The van der Waals surface area contributed by atoms with Gasteiger partial charge in [-0.2, -0.15) is 0 Å². The van der Waals surface area contributed by atoms with E-state index in [0.29, 0.717) is 41.9 Å². The molecule has 0 aliphatic carbocycles. The van der Waals surface area contributed by atoms with Crippen molar-refractivity contribution < 1.29 is 14.3 Å². The third kappa shape index (κ3) is 5.06. The van der Waals surface area contributed by atoms with Crippen LogP contribution >= 0.6 is 39.1 Å². The van der Waals surface area contributed by atoms with Crippen LogP contribution in [-0.4, -0.2) is 19.1 Å². The van der Waals surface area contributed by atoms with Gasteiger partial charge >= 0.3 is 0 Å². The predicted octanol–water partition coefficient (Wildman–Crippen LogP) is 5.55. The van der Waals surface area contributed by atoms with E-state index in [1.54, 1.807) is 18.2 Å². The van der Waals surface area contributed by atoms with Crippen molar-refractivity contribution in [3.63, 3.8) is 0 Å². The predicted molar refractivity (Wildman–Crippen MR) is 106 cm³/mol. The van der Waals surface area contributed by atoms with E-state index in [1.807, 2.05) is 18.2 Å². The molecule has 1 atom stereocenters. The summed E-state index contributed by atoms with van der Waals surface area (Å²) < 4.78 is 12.1. The molecule has 1 heterocycles. The highest BCUT2D eigenvalue weighted by molar-refractivity contribution is 9.10. The lowest BCUT2D eigenvalue weighted by Gasteiger charge is -2.27. The third-order valence-electron chi connectivity index (χ3n) is 4.05.